The zero-order valence-electron chi connectivity index (χ0n) is 6.30. The van der Waals surface area contributed by atoms with Gasteiger partial charge in [-0.2, -0.15) is 0 Å². The normalized spacial score (nSPS) is 30.1. The van der Waals surface area contributed by atoms with Crippen LogP contribution < -0.4 is 5.11 Å². The number of carboxylic acid groups (broad SMARTS) is 1. The molecule has 0 aromatic rings. The summed E-state index contributed by atoms with van der Waals surface area (Å²) < 4.78 is 0. The molecule has 0 aromatic carbocycles. The first kappa shape index (κ1) is 7.58. The standard InChI is InChI=1S/C8H14O2/c1-2-3-4-6-5-7(6)8(9)10/h6-7H,2-5H2,1H3,(H,9,10)/p-1. The van der Waals surface area contributed by atoms with Crippen LogP contribution in [-0.4, -0.2) is 5.97 Å². The van der Waals surface area contributed by atoms with Gasteiger partial charge in [-0.05, 0) is 18.8 Å². The largest absolute Gasteiger partial charge is 0.550 e. The maximum absolute atomic E-state index is 10.2. The zero-order valence-corrected chi connectivity index (χ0v) is 6.30. The molecule has 2 unspecified atom stereocenters. The van der Waals surface area contributed by atoms with Crippen LogP contribution >= 0.6 is 0 Å². The molecule has 1 saturated carbocycles. The van der Waals surface area contributed by atoms with Crippen LogP contribution in [0.25, 0.3) is 0 Å². The minimum Gasteiger partial charge on any atom is -0.550 e. The van der Waals surface area contributed by atoms with E-state index in [0.29, 0.717) is 5.92 Å². The summed E-state index contributed by atoms with van der Waals surface area (Å²) in [5, 5.41) is 10.2. The molecule has 0 spiro atoms. The lowest BCUT2D eigenvalue weighted by molar-refractivity contribution is -0.308. The van der Waals surface area contributed by atoms with E-state index in [-0.39, 0.29) is 5.92 Å². The molecule has 2 atom stereocenters. The van der Waals surface area contributed by atoms with E-state index in [9.17, 15) is 9.90 Å². The molecular formula is C8H13O2-. The fourth-order valence-corrected chi connectivity index (χ4v) is 1.32. The first-order valence-electron chi connectivity index (χ1n) is 3.96. The predicted octanol–water partition coefficient (Wildman–Crippen LogP) is 0.563. The molecule has 0 aromatic heterocycles. The molecule has 2 nitrogen and oxygen atoms in total. The van der Waals surface area contributed by atoms with Gasteiger partial charge in [0.25, 0.3) is 0 Å². The van der Waals surface area contributed by atoms with Gasteiger partial charge in [0.1, 0.15) is 0 Å². The van der Waals surface area contributed by atoms with Crippen molar-refractivity contribution in [1.82, 2.24) is 0 Å². The van der Waals surface area contributed by atoms with Crippen molar-refractivity contribution in [2.75, 3.05) is 0 Å². The number of carboxylic acids is 1. The fourth-order valence-electron chi connectivity index (χ4n) is 1.32. The van der Waals surface area contributed by atoms with Crippen LogP contribution in [-0.2, 0) is 4.79 Å². The molecule has 58 valence electrons. The van der Waals surface area contributed by atoms with E-state index in [0.717, 1.165) is 25.7 Å². The molecular weight excluding hydrogens is 128 g/mol. The van der Waals surface area contributed by atoms with Crippen molar-refractivity contribution in [2.24, 2.45) is 11.8 Å². The monoisotopic (exact) mass is 141 g/mol. The van der Waals surface area contributed by atoms with Crippen LogP contribution in [0.15, 0.2) is 0 Å². The van der Waals surface area contributed by atoms with Gasteiger partial charge >= 0.3 is 0 Å². The van der Waals surface area contributed by atoms with Crippen molar-refractivity contribution in [1.29, 1.82) is 0 Å². The quantitative estimate of drug-likeness (QED) is 0.574. The molecule has 1 aliphatic carbocycles. The topological polar surface area (TPSA) is 40.1 Å². The average Bonchev–Trinajstić information content (AvgIpc) is 2.62. The molecule has 1 aliphatic rings. The van der Waals surface area contributed by atoms with Gasteiger partial charge in [-0.1, -0.05) is 19.8 Å². The summed E-state index contributed by atoms with van der Waals surface area (Å²) >= 11 is 0. The SMILES string of the molecule is CCCCC1CC1C(=O)[O-]. The smallest absolute Gasteiger partial charge is 0.0448 e. The molecule has 0 bridgehead atoms. The second-order valence-electron chi connectivity index (χ2n) is 3.06. The highest BCUT2D eigenvalue weighted by Crippen LogP contribution is 2.41. The second-order valence-corrected chi connectivity index (χ2v) is 3.06. The van der Waals surface area contributed by atoms with E-state index < -0.39 is 5.97 Å². The number of hydrogen-bond acceptors (Lipinski definition) is 2. The highest BCUT2D eigenvalue weighted by Gasteiger charge is 2.36. The third-order valence-electron chi connectivity index (χ3n) is 2.15. The fraction of sp³-hybridized carbons (Fsp3) is 0.875. The molecule has 0 N–H and O–H groups in total. The lowest BCUT2D eigenvalue weighted by atomic mass is 10.1. The number of rotatable bonds is 4. The Balaban J connectivity index is 2.08. The van der Waals surface area contributed by atoms with E-state index >= 15 is 0 Å². The van der Waals surface area contributed by atoms with E-state index in [1.54, 1.807) is 0 Å². The van der Waals surface area contributed by atoms with Crippen LogP contribution in [0.5, 0.6) is 0 Å². The number of unbranched alkanes of at least 4 members (excludes halogenated alkanes) is 1. The maximum Gasteiger partial charge on any atom is 0.0448 e. The summed E-state index contributed by atoms with van der Waals surface area (Å²) in [6.45, 7) is 2.12. The third-order valence-corrected chi connectivity index (χ3v) is 2.15. The highest BCUT2D eigenvalue weighted by molar-refractivity contribution is 5.71. The average molecular weight is 141 g/mol. The van der Waals surface area contributed by atoms with Gasteiger partial charge in [-0.3, -0.25) is 0 Å². The minimum atomic E-state index is -0.846. The van der Waals surface area contributed by atoms with Crippen LogP contribution in [0.4, 0.5) is 0 Å². The Kier molecular flexibility index (Phi) is 2.30. The summed E-state index contributed by atoms with van der Waals surface area (Å²) in [7, 11) is 0. The summed E-state index contributed by atoms with van der Waals surface area (Å²) in [5.41, 5.74) is 0. The molecule has 1 fully saturated rings. The molecule has 0 heterocycles. The Bertz CT molecular complexity index is 131. The van der Waals surface area contributed by atoms with Crippen molar-refractivity contribution in [3.05, 3.63) is 0 Å². The van der Waals surface area contributed by atoms with Crippen LogP contribution in [0, 0.1) is 11.8 Å². The Hall–Kier alpha value is -0.530. The van der Waals surface area contributed by atoms with Gasteiger partial charge in [0, 0.05) is 11.9 Å². The Morgan fingerprint density at radius 2 is 2.40 bits per heavy atom. The van der Waals surface area contributed by atoms with Crippen molar-refractivity contribution in [3.8, 4) is 0 Å². The van der Waals surface area contributed by atoms with Crippen molar-refractivity contribution in [2.45, 2.75) is 32.6 Å². The summed E-state index contributed by atoms with van der Waals surface area (Å²) in [4.78, 5) is 10.2. The summed E-state index contributed by atoms with van der Waals surface area (Å²) in [6, 6.07) is 0. The van der Waals surface area contributed by atoms with Crippen molar-refractivity contribution < 1.29 is 9.90 Å². The molecule has 0 saturated heterocycles. The lowest BCUT2D eigenvalue weighted by Crippen LogP contribution is -2.24. The Labute approximate surface area is 61.2 Å². The van der Waals surface area contributed by atoms with E-state index in [4.69, 9.17) is 0 Å². The third kappa shape index (κ3) is 1.72. The van der Waals surface area contributed by atoms with Gasteiger partial charge in [0.15, 0.2) is 0 Å². The number of aliphatic carboxylic acids is 1. The first-order valence-corrected chi connectivity index (χ1v) is 3.96. The van der Waals surface area contributed by atoms with Crippen molar-refractivity contribution >= 4 is 5.97 Å². The minimum absolute atomic E-state index is 0.105. The van der Waals surface area contributed by atoms with Gasteiger partial charge < -0.3 is 9.90 Å². The predicted molar refractivity (Wildman–Crippen MR) is 36.1 cm³/mol. The summed E-state index contributed by atoms with van der Waals surface area (Å²) in [6.07, 6.45) is 4.27. The maximum atomic E-state index is 10.2. The first-order chi connectivity index (χ1) is 4.75. The molecule has 0 radical (unpaired) electrons. The van der Waals surface area contributed by atoms with Crippen LogP contribution in [0.1, 0.15) is 32.6 Å². The van der Waals surface area contributed by atoms with Crippen LogP contribution in [0.3, 0.4) is 0 Å². The van der Waals surface area contributed by atoms with Gasteiger partial charge in [-0.25, -0.2) is 0 Å². The highest BCUT2D eigenvalue weighted by atomic mass is 16.4. The van der Waals surface area contributed by atoms with Crippen molar-refractivity contribution in [3.63, 3.8) is 0 Å². The van der Waals surface area contributed by atoms with E-state index in [1.807, 2.05) is 0 Å². The summed E-state index contributed by atoms with van der Waals surface area (Å²) in [5.74, 6) is -0.502. The number of carbonyl (C=O) groups is 1. The Morgan fingerprint density at radius 1 is 1.70 bits per heavy atom. The zero-order chi connectivity index (χ0) is 7.56. The van der Waals surface area contributed by atoms with E-state index in [1.165, 1.54) is 0 Å². The molecule has 0 amide bonds. The van der Waals surface area contributed by atoms with Gasteiger partial charge in [-0.15, -0.1) is 0 Å². The Morgan fingerprint density at radius 3 is 2.80 bits per heavy atom. The van der Waals surface area contributed by atoms with Crippen LogP contribution in [0.2, 0.25) is 0 Å². The molecule has 2 heteroatoms. The lowest BCUT2D eigenvalue weighted by Gasteiger charge is -1.98. The van der Waals surface area contributed by atoms with Gasteiger partial charge in [0.05, 0.1) is 0 Å². The van der Waals surface area contributed by atoms with E-state index in [2.05, 4.69) is 6.92 Å². The van der Waals surface area contributed by atoms with Gasteiger partial charge in [0.2, 0.25) is 0 Å². The number of hydrogen-bond donors (Lipinski definition) is 0. The molecule has 1 rings (SSSR count). The second kappa shape index (κ2) is 3.04. The molecule has 0 aliphatic heterocycles. The molecule has 10 heavy (non-hydrogen) atoms. The number of carbonyl (C=O) groups excluding carboxylic acids is 1.